The van der Waals surface area contributed by atoms with Crippen molar-refractivity contribution in [2.45, 2.75) is 19.5 Å². The molecule has 0 fully saturated rings. The fourth-order valence-corrected chi connectivity index (χ4v) is 3.17. The first-order valence-electron chi connectivity index (χ1n) is 6.74. The molecule has 1 aliphatic rings. The van der Waals surface area contributed by atoms with E-state index < -0.39 is 5.82 Å². The van der Waals surface area contributed by atoms with Gasteiger partial charge < -0.3 is 14.8 Å². The lowest BCUT2D eigenvalue weighted by Gasteiger charge is -2.36. The molecule has 2 aromatic rings. The predicted molar refractivity (Wildman–Crippen MR) is 87.2 cm³/mol. The standard InChI is InChI=1S/C15H15ClFN3S/c1-10-14-3-2-6-19(14)7-8-20(10)15(21)18-11-4-5-13(17)12(16)9-11/h2-6,9-10H,7-8H2,1H3,(H,18,21)/t10-/m1/s1. The summed E-state index contributed by atoms with van der Waals surface area (Å²) in [5.74, 6) is -0.433. The van der Waals surface area contributed by atoms with Crippen LogP contribution >= 0.6 is 23.8 Å². The van der Waals surface area contributed by atoms with Crippen LogP contribution in [0.25, 0.3) is 0 Å². The average Bonchev–Trinajstić information content (AvgIpc) is 2.92. The van der Waals surface area contributed by atoms with E-state index in [-0.39, 0.29) is 11.1 Å². The minimum Gasteiger partial charge on any atom is -0.348 e. The maximum atomic E-state index is 13.2. The predicted octanol–water partition coefficient (Wildman–Crippen LogP) is 4.05. The van der Waals surface area contributed by atoms with E-state index in [4.69, 9.17) is 23.8 Å². The van der Waals surface area contributed by atoms with Gasteiger partial charge in [-0.3, -0.25) is 0 Å². The largest absolute Gasteiger partial charge is 0.348 e. The summed E-state index contributed by atoms with van der Waals surface area (Å²) in [4.78, 5) is 2.13. The Morgan fingerprint density at radius 1 is 1.38 bits per heavy atom. The van der Waals surface area contributed by atoms with Crippen LogP contribution < -0.4 is 5.32 Å². The number of hydrogen-bond donors (Lipinski definition) is 1. The van der Waals surface area contributed by atoms with Crippen LogP contribution in [0.15, 0.2) is 36.5 Å². The first kappa shape index (κ1) is 14.4. The van der Waals surface area contributed by atoms with Gasteiger partial charge in [-0.15, -0.1) is 0 Å². The van der Waals surface area contributed by atoms with Gasteiger partial charge in [-0.1, -0.05) is 11.6 Å². The highest BCUT2D eigenvalue weighted by atomic mass is 35.5. The quantitative estimate of drug-likeness (QED) is 0.799. The number of rotatable bonds is 1. The number of hydrogen-bond acceptors (Lipinski definition) is 1. The molecule has 0 spiro atoms. The summed E-state index contributed by atoms with van der Waals surface area (Å²) in [5, 5.41) is 3.84. The minimum atomic E-state index is -0.433. The summed E-state index contributed by atoms with van der Waals surface area (Å²) in [6.45, 7) is 3.86. The van der Waals surface area contributed by atoms with Crippen molar-refractivity contribution in [3.05, 3.63) is 53.1 Å². The van der Waals surface area contributed by atoms with Crippen LogP contribution in [0.4, 0.5) is 10.1 Å². The van der Waals surface area contributed by atoms with Gasteiger partial charge in [0.1, 0.15) is 5.82 Å². The average molecular weight is 324 g/mol. The minimum absolute atomic E-state index is 0.0865. The van der Waals surface area contributed by atoms with Crippen molar-refractivity contribution < 1.29 is 4.39 Å². The number of nitrogens with one attached hydrogen (secondary N) is 1. The van der Waals surface area contributed by atoms with Gasteiger partial charge in [-0.05, 0) is 49.5 Å². The molecule has 0 saturated heterocycles. The second-order valence-electron chi connectivity index (χ2n) is 5.05. The SMILES string of the molecule is C[C@@H]1c2cccn2CCN1C(=S)Nc1ccc(F)c(Cl)c1. The van der Waals surface area contributed by atoms with E-state index in [0.29, 0.717) is 10.8 Å². The lowest BCUT2D eigenvalue weighted by atomic mass is 10.1. The van der Waals surface area contributed by atoms with Crippen molar-refractivity contribution >= 4 is 34.6 Å². The van der Waals surface area contributed by atoms with E-state index in [1.165, 1.54) is 11.8 Å². The molecule has 0 saturated carbocycles. The topological polar surface area (TPSA) is 20.2 Å². The molecule has 1 aromatic heterocycles. The molecule has 0 unspecified atom stereocenters. The molecule has 6 heteroatoms. The first-order chi connectivity index (χ1) is 10.1. The van der Waals surface area contributed by atoms with Crippen molar-refractivity contribution in [1.29, 1.82) is 0 Å². The smallest absolute Gasteiger partial charge is 0.174 e. The van der Waals surface area contributed by atoms with Crippen molar-refractivity contribution in [3.8, 4) is 0 Å². The second-order valence-corrected chi connectivity index (χ2v) is 5.85. The fraction of sp³-hybridized carbons (Fsp3) is 0.267. The van der Waals surface area contributed by atoms with Gasteiger partial charge in [0, 0.05) is 30.7 Å². The van der Waals surface area contributed by atoms with E-state index in [9.17, 15) is 4.39 Å². The summed E-state index contributed by atoms with van der Waals surface area (Å²) in [5.41, 5.74) is 1.93. The highest BCUT2D eigenvalue weighted by molar-refractivity contribution is 7.80. The van der Waals surface area contributed by atoms with E-state index in [2.05, 4.69) is 34.0 Å². The molecular formula is C15H15ClFN3S. The van der Waals surface area contributed by atoms with Gasteiger partial charge >= 0.3 is 0 Å². The Bertz CT molecular complexity index is 685. The van der Waals surface area contributed by atoms with Crippen molar-refractivity contribution in [2.75, 3.05) is 11.9 Å². The second kappa shape index (κ2) is 5.66. The monoisotopic (exact) mass is 323 g/mol. The Balaban J connectivity index is 1.75. The van der Waals surface area contributed by atoms with Gasteiger partial charge in [-0.2, -0.15) is 0 Å². The van der Waals surface area contributed by atoms with Gasteiger partial charge in [0.25, 0.3) is 0 Å². The van der Waals surface area contributed by atoms with Crippen LogP contribution in [0.2, 0.25) is 5.02 Å². The molecule has 3 rings (SSSR count). The van der Waals surface area contributed by atoms with Crippen LogP contribution in [0.1, 0.15) is 18.7 Å². The van der Waals surface area contributed by atoms with Gasteiger partial charge in [0.15, 0.2) is 5.11 Å². The molecule has 21 heavy (non-hydrogen) atoms. The highest BCUT2D eigenvalue weighted by Gasteiger charge is 2.25. The number of halogens is 2. The number of fused-ring (bicyclic) bond motifs is 1. The fourth-order valence-electron chi connectivity index (χ4n) is 2.63. The van der Waals surface area contributed by atoms with Crippen LogP contribution in [0.3, 0.4) is 0 Å². The van der Waals surface area contributed by atoms with Crippen LogP contribution in [0, 0.1) is 5.82 Å². The number of thiocarbonyl (C=S) groups is 1. The van der Waals surface area contributed by atoms with E-state index in [0.717, 1.165) is 13.1 Å². The van der Waals surface area contributed by atoms with Gasteiger partial charge in [-0.25, -0.2) is 4.39 Å². The molecular weight excluding hydrogens is 309 g/mol. The van der Waals surface area contributed by atoms with E-state index in [1.807, 2.05) is 6.07 Å². The third-order valence-electron chi connectivity index (χ3n) is 3.77. The van der Waals surface area contributed by atoms with Gasteiger partial charge in [0.05, 0.1) is 11.1 Å². The Morgan fingerprint density at radius 2 is 2.19 bits per heavy atom. The lowest BCUT2D eigenvalue weighted by molar-refractivity contribution is 0.276. The molecule has 110 valence electrons. The zero-order valence-electron chi connectivity index (χ0n) is 11.5. The Morgan fingerprint density at radius 3 is 2.95 bits per heavy atom. The summed E-state index contributed by atoms with van der Waals surface area (Å²) < 4.78 is 15.4. The van der Waals surface area contributed by atoms with E-state index >= 15 is 0 Å². The Labute approximate surface area is 133 Å². The zero-order valence-corrected chi connectivity index (χ0v) is 13.1. The van der Waals surface area contributed by atoms with Gasteiger partial charge in [0.2, 0.25) is 0 Å². The van der Waals surface area contributed by atoms with Crippen LogP contribution in [-0.4, -0.2) is 21.1 Å². The third kappa shape index (κ3) is 2.76. The zero-order chi connectivity index (χ0) is 15.0. The molecule has 1 N–H and O–H groups in total. The molecule has 2 heterocycles. The number of anilines is 1. The molecule has 0 bridgehead atoms. The molecule has 3 nitrogen and oxygen atoms in total. The summed E-state index contributed by atoms with van der Waals surface area (Å²) >= 11 is 11.3. The maximum absolute atomic E-state index is 13.2. The van der Waals surface area contributed by atoms with Crippen LogP contribution in [-0.2, 0) is 6.54 Å². The van der Waals surface area contributed by atoms with Crippen molar-refractivity contribution in [1.82, 2.24) is 9.47 Å². The Kier molecular flexibility index (Phi) is 3.87. The molecule has 0 aliphatic carbocycles. The molecule has 1 atom stereocenters. The number of aromatic nitrogens is 1. The highest BCUT2D eigenvalue weighted by Crippen LogP contribution is 2.26. The van der Waals surface area contributed by atoms with Crippen molar-refractivity contribution in [2.24, 2.45) is 0 Å². The van der Waals surface area contributed by atoms with Crippen molar-refractivity contribution in [3.63, 3.8) is 0 Å². The third-order valence-corrected chi connectivity index (χ3v) is 4.40. The van der Waals surface area contributed by atoms with Crippen LogP contribution in [0.5, 0.6) is 0 Å². The summed E-state index contributed by atoms with van der Waals surface area (Å²) in [6.07, 6.45) is 2.08. The lowest BCUT2D eigenvalue weighted by Crippen LogP contribution is -2.42. The Hall–Kier alpha value is -1.59. The summed E-state index contributed by atoms with van der Waals surface area (Å²) in [6, 6.07) is 8.85. The normalized spacial score (nSPS) is 17.5. The van der Waals surface area contributed by atoms with E-state index in [1.54, 1.807) is 12.1 Å². The maximum Gasteiger partial charge on any atom is 0.174 e. The summed E-state index contributed by atoms with van der Waals surface area (Å²) in [7, 11) is 0. The number of benzene rings is 1. The molecule has 1 aliphatic heterocycles. The molecule has 1 aromatic carbocycles. The molecule has 0 radical (unpaired) electrons. The number of nitrogens with zero attached hydrogens (tertiary/aromatic N) is 2. The first-order valence-corrected chi connectivity index (χ1v) is 7.52. The molecule has 0 amide bonds.